The van der Waals surface area contributed by atoms with Crippen LogP contribution >= 0.6 is 0 Å². The molecule has 0 amide bonds. The average molecular weight is 296 g/mol. The molecule has 2 aromatic carbocycles. The summed E-state index contributed by atoms with van der Waals surface area (Å²) in [4.78, 5) is 7.76. The molecule has 5 nitrogen and oxygen atoms in total. The number of benzene rings is 2. The largest absolute Gasteiger partial charge is 0.489 e. The molecule has 0 saturated heterocycles. The zero-order valence-electron chi connectivity index (χ0n) is 12.6. The molecule has 0 fully saturated rings. The van der Waals surface area contributed by atoms with E-state index in [0.717, 1.165) is 22.7 Å². The minimum Gasteiger partial charge on any atom is -0.489 e. The lowest BCUT2D eigenvalue weighted by molar-refractivity contribution is 0.330. The molecule has 0 radical (unpaired) electrons. The van der Waals surface area contributed by atoms with E-state index >= 15 is 0 Å². The molecule has 0 unspecified atom stereocenters. The van der Waals surface area contributed by atoms with Crippen LogP contribution < -0.4 is 15.8 Å². The highest BCUT2D eigenvalue weighted by atomic mass is 16.5. The fourth-order valence-corrected chi connectivity index (χ4v) is 1.88. The van der Waals surface area contributed by atoms with E-state index < -0.39 is 0 Å². The smallest absolute Gasteiger partial charge is 0.143 e. The van der Waals surface area contributed by atoms with E-state index in [1.165, 1.54) is 12.7 Å². The van der Waals surface area contributed by atoms with Crippen molar-refractivity contribution in [1.29, 1.82) is 0 Å². The third-order valence-electron chi connectivity index (χ3n) is 2.90. The van der Waals surface area contributed by atoms with Crippen LogP contribution in [0.3, 0.4) is 0 Å². The van der Waals surface area contributed by atoms with Gasteiger partial charge in [-0.15, -0.1) is 0 Å². The highest BCUT2D eigenvalue weighted by Crippen LogP contribution is 2.28. The predicted molar refractivity (Wildman–Crippen MR) is 92.4 cm³/mol. The van der Waals surface area contributed by atoms with Gasteiger partial charge in [0, 0.05) is 5.69 Å². The van der Waals surface area contributed by atoms with Crippen molar-refractivity contribution in [2.45, 2.75) is 6.92 Å². The maximum atomic E-state index is 5.81. The molecule has 0 spiro atoms. The van der Waals surface area contributed by atoms with Crippen molar-refractivity contribution in [3.05, 3.63) is 54.1 Å². The van der Waals surface area contributed by atoms with Gasteiger partial charge in [-0.05, 0) is 36.8 Å². The molecule has 0 aliphatic carbocycles. The molecule has 2 rings (SSSR count). The third-order valence-corrected chi connectivity index (χ3v) is 2.90. The van der Waals surface area contributed by atoms with Crippen molar-refractivity contribution in [2.75, 3.05) is 18.5 Å². The molecule has 0 atom stereocenters. The molecule has 0 saturated carbocycles. The maximum absolute atomic E-state index is 5.81. The minimum absolute atomic E-state index is 0.476. The van der Waals surface area contributed by atoms with Gasteiger partial charge in [-0.2, -0.15) is 0 Å². The number of ether oxygens (including phenoxy) is 1. The Labute approximate surface area is 130 Å². The predicted octanol–water partition coefficient (Wildman–Crippen LogP) is 3.13. The number of aryl methyl sites for hydroxylation is 1. The Morgan fingerprint density at radius 2 is 2.00 bits per heavy atom. The van der Waals surface area contributed by atoms with Gasteiger partial charge in [0.2, 0.25) is 0 Å². The normalized spacial score (nSPS) is 11.1. The van der Waals surface area contributed by atoms with Crippen LogP contribution in [0.1, 0.15) is 5.56 Å². The SMILES string of the molecule is Cc1ccc(Nc2ccccc2)c(OCCN=CN=CN)c1. The Hall–Kier alpha value is -2.82. The van der Waals surface area contributed by atoms with Gasteiger partial charge in [0.15, 0.2) is 0 Å². The Morgan fingerprint density at radius 1 is 1.18 bits per heavy atom. The van der Waals surface area contributed by atoms with Crippen LogP contribution in [-0.4, -0.2) is 25.8 Å². The van der Waals surface area contributed by atoms with Crippen molar-refractivity contribution in [3.63, 3.8) is 0 Å². The van der Waals surface area contributed by atoms with E-state index in [-0.39, 0.29) is 0 Å². The molecule has 0 aliphatic rings. The van der Waals surface area contributed by atoms with Gasteiger partial charge < -0.3 is 15.8 Å². The number of nitrogens with zero attached hydrogens (tertiary/aromatic N) is 2. The quantitative estimate of drug-likeness (QED) is 0.468. The van der Waals surface area contributed by atoms with Gasteiger partial charge in [-0.3, -0.25) is 4.99 Å². The molecule has 0 bridgehead atoms. The van der Waals surface area contributed by atoms with Crippen molar-refractivity contribution >= 4 is 24.1 Å². The lowest BCUT2D eigenvalue weighted by atomic mass is 10.2. The van der Waals surface area contributed by atoms with E-state index in [9.17, 15) is 0 Å². The number of aliphatic imine (C=N–C) groups is 2. The second kappa shape index (κ2) is 8.46. The molecule has 22 heavy (non-hydrogen) atoms. The second-order valence-corrected chi connectivity index (χ2v) is 4.66. The molecule has 0 heterocycles. The fourth-order valence-electron chi connectivity index (χ4n) is 1.88. The van der Waals surface area contributed by atoms with Crippen LogP contribution in [0.2, 0.25) is 0 Å². The highest BCUT2D eigenvalue weighted by Gasteiger charge is 2.04. The van der Waals surface area contributed by atoms with Crippen LogP contribution in [0.15, 0.2) is 58.5 Å². The summed E-state index contributed by atoms with van der Waals surface area (Å²) in [6.45, 7) is 3.03. The summed E-state index contributed by atoms with van der Waals surface area (Å²) in [5.74, 6) is 0.807. The van der Waals surface area contributed by atoms with Crippen LogP contribution in [0.25, 0.3) is 0 Å². The monoisotopic (exact) mass is 296 g/mol. The molecule has 114 valence electrons. The molecule has 5 heteroatoms. The maximum Gasteiger partial charge on any atom is 0.143 e. The van der Waals surface area contributed by atoms with E-state index in [2.05, 4.69) is 15.3 Å². The summed E-state index contributed by atoms with van der Waals surface area (Å²) in [7, 11) is 0. The molecular formula is C17H20N4O. The summed E-state index contributed by atoms with van der Waals surface area (Å²) in [6, 6.07) is 16.1. The molecule has 2 aromatic rings. The van der Waals surface area contributed by atoms with E-state index in [0.29, 0.717) is 13.2 Å². The van der Waals surface area contributed by atoms with E-state index in [1.54, 1.807) is 0 Å². The Bertz CT molecular complexity index is 638. The number of hydrogen-bond acceptors (Lipinski definition) is 3. The van der Waals surface area contributed by atoms with Gasteiger partial charge >= 0.3 is 0 Å². The second-order valence-electron chi connectivity index (χ2n) is 4.66. The Balaban J connectivity index is 2.01. The summed E-state index contributed by atoms with van der Waals surface area (Å²) < 4.78 is 5.81. The molecule has 3 N–H and O–H groups in total. The lowest BCUT2D eigenvalue weighted by Gasteiger charge is -2.13. The number of hydrogen-bond donors (Lipinski definition) is 2. The van der Waals surface area contributed by atoms with Gasteiger partial charge in [-0.1, -0.05) is 24.3 Å². The first kappa shape index (κ1) is 15.6. The first-order valence-electron chi connectivity index (χ1n) is 7.07. The molecule has 0 aromatic heterocycles. The van der Waals surface area contributed by atoms with Crippen LogP contribution in [0, 0.1) is 6.92 Å². The fraction of sp³-hybridized carbons (Fsp3) is 0.176. The van der Waals surface area contributed by atoms with Crippen molar-refractivity contribution in [3.8, 4) is 5.75 Å². The summed E-state index contributed by atoms with van der Waals surface area (Å²) in [5.41, 5.74) is 8.22. The number of nitrogens with one attached hydrogen (secondary N) is 1. The number of para-hydroxylation sites is 1. The zero-order chi connectivity index (χ0) is 15.6. The number of rotatable bonds is 7. The van der Waals surface area contributed by atoms with E-state index in [4.69, 9.17) is 10.5 Å². The van der Waals surface area contributed by atoms with Crippen LogP contribution in [0.4, 0.5) is 11.4 Å². The molecule has 0 aliphatic heterocycles. The molecular weight excluding hydrogens is 276 g/mol. The lowest BCUT2D eigenvalue weighted by Crippen LogP contribution is -2.04. The summed E-state index contributed by atoms with van der Waals surface area (Å²) in [5, 5.41) is 3.36. The van der Waals surface area contributed by atoms with Gasteiger partial charge in [0.05, 0.1) is 18.6 Å². The van der Waals surface area contributed by atoms with Crippen molar-refractivity contribution < 1.29 is 4.74 Å². The van der Waals surface area contributed by atoms with Gasteiger partial charge in [-0.25, -0.2) is 4.99 Å². The van der Waals surface area contributed by atoms with Crippen molar-refractivity contribution in [1.82, 2.24) is 0 Å². The topological polar surface area (TPSA) is 72.0 Å². The van der Waals surface area contributed by atoms with Crippen LogP contribution in [-0.2, 0) is 0 Å². The Morgan fingerprint density at radius 3 is 2.77 bits per heavy atom. The first-order chi connectivity index (χ1) is 10.8. The summed E-state index contributed by atoms with van der Waals surface area (Å²) >= 11 is 0. The van der Waals surface area contributed by atoms with E-state index in [1.807, 2.05) is 55.5 Å². The number of nitrogens with two attached hydrogens (primary N) is 1. The summed E-state index contributed by atoms with van der Waals surface area (Å²) in [6.07, 6.45) is 2.62. The first-order valence-corrected chi connectivity index (χ1v) is 7.07. The standard InChI is InChI=1S/C17H20N4O/c1-14-7-8-16(21-15-5-3-2-4-6-15)17(11-14)22-10-9-19-13-20-12-18/h2-8,11-13,21H,9-10H2,1H3,(H2,18,19,20). The van der Waals surface area contributed by atoms with Crippen LogP contribution in [0.5, 0.6) is 5.75 Å². The Kier molecular flexibility index (Phi) is 5.99. The highest BCUT2D eigenvalue weighted by molar-refractivity contribution is 5.69. The van der Waals surface area contributed by atoms with Gasteiger partial charge in [0.25, 0.3) is 0 Å². The third kappa shape index (κ3) is 4.94. The van der Waals surface area contributed by atoms with Crippen molar-refractivity contribution in [2.24, 2.45) is 15.7 Å². The number of anilines is 2. The van der Waals surface area contributed by atoms with Gasteiger partial charge in [0.1, 0.15) is 18.7 Å². The minimum atomic E-state index is 0.476. The average Bonchev–Trinajstić information content (AvgIpc) is 2.54. The zero-order valence-corrected chi connectivity index (χ0v) is 12.6.